The van der Waals surface area contributed by atoms with Crippen LogP contribution in [0.25, 0.3) is 5.82 Å². The van der Waals surface area contributed by atoms with Crippen LogP contribution in [0.2, 0.25) is 0 Å². The molecule has 33 heavy (non-hydrogen) atoms. The first kappa shape index (κ1) is 21.1. The number of hydrogen-bond donors (Lipinski definition) is 0. The van der Waals surface area contributed by atoms with Gasteiger partial charge in [0.2, 0.25) is 5.95 Å². The Bertz CT molecular complexity index is 1150. The van der Waals surface area contributed by atoms with Crippen molar-refractivity contribution in [2.75, 3.05) is 18.0 Å². The predicted octanol–water partition coefficient (Wildman–Crippen LogP) is 2.76. The lowest BCUT2D eigenvalue weighted by Crippen LogP contribution is -2.49. The first-order valence-corrected chi connectivity index (χ1v) is 11.5. The molecule has 1 saturated carbocycles. The summed E-state index contributed by atoms with van der Waals surface area (Å²) in [6, 6.07) is 6.00. The molecule has 9 nitrogen and oxygen atoms in total. The van der Waals surface area contributed by atoms with E-state index >= 15 is 0 Å². The highest BCUT2D eigenvalue weighted by Crippen LogP contribution is 2.33. The molecule has 0 unspecified atom stereocenters. The molecule has 4 heterocycles. The number of carbonyl (C=O) groups is 1. The van der Waals surface area contributed by atoms with Gasteiger partial charge in [-0.05, 0) is 49.8 Å². The third-order valence-electron chi connectivity index (χ3n) is 6.36. The van der Waals surface area contributed by atoms with Gasteiger partial charge in [-0.2, -0.15) is 5.26 Å². The molecule has 2 fully saturated rings. The van der Waals surface area contributed by atoms with Crippen molar-refractivity contribution in [3.05, 3.63) is 60.1 Å². The molecule has 0 atom stereocenters. The highest BCUT2D eigenvalue weighted by atomic mass is 16.2. The molecule has 3 aromatic heterocycles. The Balaban J connectivity index is 1.27. The molecule has 2 aliphatic rings. The highest BCUT2D eigenvalue weighted by Gasteiger charge is 2.39. The van der Waals surface area contributed by atoms with E-state index in [0.717, 1.165) is 56.7 Å². The van der Waals surface area contributed by atoms with Crippen molar-refractivity contribution in [3.8, 4) is 11.9 Å². The molecule has 0 bridgehead atoms. The molecule has 5 rings (SSSR count). The zero-order valence-corrected chi connectivity index (χ0v) is 18.6. The zero-order valence-electron chi connectivity index (χ0n) is 18.6. The zero-order chi connectivity index (χ0) is 22.8. The number of nitriles is 1. The minimum Gasteiger partial charge on any atom is -0.341 e. The predicted molar refractivity (Wildman–Crippen MR) is 122 cm³/mol. The number of aromatic nitrogens is 5. The summed E-state index contributed by atoms with van der Waals surface area (Å²) < 4.78 is 1.72. The second kappa shape index (κ2) is 8.98. The van der Waals surface area contributed by atoms with Crippen molar-refractivity contribution in [2.45, 2.75) is 51.1 Å². The maximum absolute atomic E-state index is 13.4. The van der Waals surface area contributed by atoms with Crippen molar-refractivity contribution in [1.29, 1.82) is 5.26 Å². The fourth-order valence-electron chi connectivity index (χ4n) is 4.32. The Labute approximate surface area is 192 Å². The number of aryl methyl sites for hydroxylation is 1. The second-order valence-electron chi connectivity index (χ2n) is 8.59. The molecular weight excluding hydrogens is 416 g/mol. The molecule has 9 heteroatoms. The van der Waals surface area contributed by atoms with E-state index in [2.05, 4.69) is 42.7 Å². The van der Waals surface area contributed by atoms with Crippen LogP contribution in [-0.4, -0.2) is 60.5 Å². The van der Waals surface area contributed by atoms with Crippen LogP contribution < -0.4 is 4.90 Å². The summed E-state index contributed by atoms with van der Waals surface area (Å²) in [5.41, 5.74) is 2.05. The van der Waals surface area contributed by atoms with E-state index in [0.29, 0.717) is 23.1 Å². The van der Waals surface area contributed by atoms with Gasteiger partial charge in [-0.3, -0.25) is 9.36 Å². The van der Waals surface area contributed by atoms with Crippen LogP contribution in [0.15, 0.2) is 43.2 Å². The summed E-state index contributed by atoms with van der Waals surface area (Å²) in [6.07, 6.45) is 13.4. The highest BCUT2D eigenvalue weighted by molar-refractivity contribution is 5.93. The van der Waals surface area contributed by atoms with Crippen molar-refractivity contribution < 1.29 is 4.79 Å². The summed E-state index contributed by atoms with van der Waals surface area (Å²) in [6.45, 7) is 3.75. The van der Waals surface area contributed by atoms with Crippen molar-refractivity contribution in [2.24, 2.45) is 0 Å². The summed E-state index contributed by atoms with van der Waals surface area (Å²) in [5, 5.41) is 8.95. The quantitative estimate of drug-likeness (QED) is 0.578. The molecule has 1 amide bonds. The molecule has 0 aromatic carbocycles. The third kappa shape index (κ3) is 4.42. The number of amides is 1. The maximum Gasteiger partial charge on any atom is 0.274 e. The van der Waals surface area contributed by atoms with Crippen LogP contribution in [0, 0.1) is 11.3 Å². The first-order valence-electron chi connectivity index (χ1n) is 11.5. The fourth-order valence-corrected chi connectivity index (χ4v) is 4.32. The number of imidazole rings is 1. The first-order chi connectivity index (χ1) is 16.2. The van der Waals surface area contributed by atoms with Gasteiger partial charge in [0.25, 0.3) is 5.91 Å². The maximum atomic E-state index is 13.4. The van der Waals surface area contributed by atoms with Crippen LogP contribution in [0.1, 0.15) is 54.2 Å². The molecule has 0 radical (unpaired) electrons. The number of piperidine rings is 1. The van der Waals surface area contributed by atoms with E-state index in [4.69, 9.17) is 5.26 Å². The number of pyridine rings is 1. The van der Waals surface area contributed by atoms with Gasteiger partial charge in [-0.1, -0.05) is 6.92 Å². The number of hydrogen-bond acceptors (Lipinski definition) is 7. The van der Waals surface area contributed by atoms with E-state index < -0.39 is 0 Å². The SMILES string of the molecule is CCc1cnc(N2CCC(N(C(=O)c3cn(-c4ccc(C#N)cn4)cn3)C3CC3)CC2)nc1. The second-order valence-corrected chi connectivity index (χ2v) is 8.59. The topological polar surface area (TPSA) is 104 Å². The van der Waals surface area contributed by atoms with Crippen LogP contribution in [0.5, 0.6) is 0 Å². The Morgan fingerprint density at radius 3 is 2.39 bits per heavy atom. The smallest absolute Gasteiger partial charge is 0.274 e. The number of anilines is 1. The number of nitrogens with zero attached hydrogens (tertiary/aromatic N) is 8. The summed E-state index contributed by atoms with van der Waals surface area (Å²) >= 11 is 0. The summed E-state index contributed by atoms with van der Waals surface area (Å²) in [4.78, 5) is 35.4. The van der Waals surface area contributed by atoms with Gasteiger partial charge in [0, 0.05) is 50.0 Å². The van der Waals surface area contributed by atoms with Gasteiger partial charge >= 0.3 is 0 Å². The Kier molecular flexibility index (Phi) is 5.73. The lowest BCUT2D eigenvalue weighted by atomic mass is 10.0. The van der Waals surface area contributed by atoms with Crippen LogP contribution >= 0.6 is 0 Å². The Morgan fingerprint density at radius 2 is 1.79 bits per heavy atom. The van der Waals surface area contributed by atoms with Crippen molar-refractivity contribution >= 4 is 11.9 Å². The van der Waals surface area contributed by atoms with E-state index in [-0.39, 0.29) is 11.9 Å². The molecular formula is C24H26N8O. The Hall–Kier alpha value is -3.80. The average molecular weight is 443 g/mol. The molecule has 1 aliphatic carbocycles. The van der Waals surface area contributed by atoms with Gasteiger partial charge in [-0.25, -0.2) is 19.9 Å². The fraction of sp³-hybridized carbons (Fsp3) is 0.417. The van der Waals surface area contributed by atoms with Crippen LogP contribution in [-0.2, 0) is 6.42 Å². The van der Waals surface area contributed by atoms with E-state index in [1.165, 1.54) is 6.20 Å². The van der Waals surface area contributed by atoms with Gasteiger partial charge in [0.1, 0.15) is 23.9 Å². The lowest BCUT2D eigenvalue weighted by molar-refractivity contribution is 0.0624. The summed E-state index contributed by atoms with van der Waals surface area (Å²) in [7, 11) is 0. The van der Waals surface area contributed by atoms with Crippen molar-refractivity contribution in [3.63, 3.8) is 0 Å². The van der Waals surface area contributed by atoms with Crippen LogP contribution in [0.3, 0.4) is 0 Å². The van der Waals surface area contributed by atoms with Gasteiger partial charge < -0.3 is 9.80 Å². The van der Waals surface area contributed by atoms with Gasteiger partial charge in [-0.15, -0.1) is 0 Å². The molecule has 0 spiro atoms. The minimum absolute atomic E-state index is 0.0214. The summed E-state index contributed by atoms with van der Waals surface area (Å²) in [5.74, 6) is 1.37. The largest absolute Gasteiger partial charge is 0.341 e. The van der Waals surface area contributed by atoms with Gasteiger partial charge in [0.15, 0.2) is 0 Å². The molecule has 1 saturated heterocycles. The minimum atomic E-state index is -0.0214. The molecule has 3 aromatic rings. The monoisotopic (exact) mass is 442 g/mol. The molecule has 1 aliphatic heterocycles. The van der Waals surface area contributed by atoms with Crippen LogP contribution in [0.4, 0.5) is 5.95 Å². The van der Waals surface area contributed by atoms with E-state index in [1.807, 2.05) is 12.4 Å². The van der Waals surface area contributed by atoms with E-state index in [9.17, 15) is 4.79 Å². The number of carbonyl (C=O) groups excluding carboxylic acids is 1. The average Bonchev–Trinajstić information content (AvgIpc) is 3.58. The van der Waals surface area contributed by atoms with Crippen molar-refractivity contribution in [1.82, 2.24) is 29.4 Å². The van der Waals surface area contributed by atoms with Gasteiger partial charge in [0.05, 0.1) is 5.56 Å². The molecule has 168 valence electrons. The standard InChI is InChI=1S/C24H26N8O/c1-2-17-12-27-24(28-13-17)30-9-7-20(8-10-30)32(19-4-5-19)23(33)21-15-31(16-29-21)22-6-3-18(11-25)14-26-22/h3,6,12-16,19-20H,2,4-5,7-10H2,1H3. The third-order valence-corrected chi connectivity index (χ3v) is 6.36. The lowest BCUT2D eigenvalue weighted by Gasteiger charge is -2.38. The molecule has 0 N–H and O–H groups in total. The van der Waals surface area contributed by atoms with E-state index in [1.54, 1.807) is 29.2 Å². The number of rotatable bonds is 6. The normalized spacial score (nSPS) is 16.4. The Morgan fingerprint density at radius 1 is 1.06 bits per heavy atom.